The number of rotatable bonds is 9. The lowest BCUT2D eigenvalue weighted by Crippen LogP contribution is -2.52. The Bertz CT molecular complexity index is 1280. The van der Waals surface area contributed by atoms with Crippen molar-refractivity contribution in [3.8, 4) is 11.5 Å². The van der Waals surface area contributed by atoms with E-state index in [0.29, 0.717) is 24.3 Å². The van der Waals surface area contributed by atoms with Gasteiger partial charge in [-0.2, -0.15) is 0 Å². The number of hydrogen-bond donors (Lipinski definition) is 5. The smallest absolute Gasteiger partial charge is 0.337 e. The van der Waals surface area contributed by atoms with Gasteiger partial charge in [0.25, 0.3) is 0 Å². The average molecular weight is 533 g/mol. The number of amides is 3. The molecule has 204 valence electrons. The summed E-state index contributed by atoms with van der Waals surface area (Å²) in [6.07, 6.45) is 0.999. The molecule has 3 aromatic rings. The molecule has 3 amide bonds. The summed E-state index contributed by atoms with van der Waals surface area (Å²) in [4.78, 5) is 40.0. The molecule has 1 heterocycles. The molecule has 1 unspecified atom stereocenters. The Hall–Kier alpha value is -4.57. The molecule has 10 nitrogen and oxygen atoms in total. The fourth-order valence-electron chi connectivity index (χ4n) is 4.47. The normalized spacial score (nSPS) is 15.8. The van der Waals surface area contributed by atoms with Gasteiger partial charge >= 0.3 is 12.0 Å². The van der Waals surface area contributed by atoms with Crippen LogP contribution < -0.4 is 16.0 Å². The number of carbonyl (C=O) groups excluding carboxylic acids is 3. The van der Waals surface area contributed by atoms with E-state index in [1.54, 1.807) is 36.4 Å². The molecule has 0 bridgehead atoms. The van der Waals surface area contributed by atoms with Crippen LogP contribution in [0.3, 0.4) is 0 Å². The van der Waals surface area contributed by atoms with Gasteiger partial charge in [0.15, 0.2) is 0 Å². The number of anilines is 1. The number of likely N-dealkylation sites (tertiary alicyclic amines) is 1. The summed E-state index contributed by atoms with van der Waals surface area (Å²) in [6, 6.07) is 18.2. The molecule has 3 aromatic carbocycles. The van der Waals surface area contributed by atoms with Crippen molar-refractivity contribution in [3.05, 3.63) is 89.5 Å². The van der Waals surface area contributed by atoms with Crippen molar-refractivity contribution < 1.29 is 29.3 Å². The third-order valence-electron chi connectivity index (χ3n) is 6.52. The van der Waals surface area contributed by atoms with Crippen LogP contribution in [0.25, 0.3) is 0 Å². The number of aromatic hydroxyl groups is 2. The highest BCUT2D eigenvalue weighted by Gasteiger charge is 2.28. The van der Waals surface area contributed by atoms with Crippen molar-refractivity contribution in [2.24, 2.45) is 0 Å². The van der Waals surface area contributed by atoms with Crippen molar-refractivity contribution in [1.29, 1.82) is 0 Å². The lowest BCUT2D eigenvalue weighted by atomic mass is 10.0. The Labute approximate surface area is 226 Å². The molecule has 10 heteroatoms. The van der Waals surface area contributed by atoms with E-state index < -0.39 is 18.0 Å². The minimum Gasteiger partial charge on any atom is -0.508 e. The van der Waals surface area contributed by atoms with Crippen molar-refractivity contribution in [2.45, 2.75) is 31.5 Å². The Morgan fingerprint density at radius 3 is 2.15 bits per heavy atom. The maximum atomic E-state index is 13.3. The van der Waals surface area contributed by atoms with Crippen LogP contribution >= 0.6 is 0 Å². The van der Waals surface area contributed by atoms with E-state index in [-0.39, 0.29) is 29.9 Å². The van der Waals surface area contributed by atoms with Crippen LogP contribution in [0.2, 0.25) is 0 Å². The van der Waals surface area contributed by atoms with Gasteiger partial charge in [0.2, 0.25) is 5.91 Å². The molecule has 39 heavy (non-hydrogen) atoms. The van der Waals surface area contributed by atoms with Crippen LogP contribution in [-0.2, 0) is 22.5 Å². The first-order valence-corrected chi connectivity index (χ1v) is 12.6. The van der Waals surface area contributed by atoms with Gasteiger partial charge in [0, 0.05) is 37.8 Å². The number of ether oxygens (including phenoxy) is 1. The second kappa shape index (κ2) is 12.8. The summed E-state index contributed by atoms with van der Waals surface area (Å²) in [5, 5.41) is 27.6. The second-order valence-corrected chi connectivity index (χ2v) is 9.49. The molecule has 0 saturated carbocycles. The molecule has 1 aliphatic rings. The van der Waals surface area contributed by atoms with Crippen LogP contribution in [-0.4, -0.2) is 65.3 Å². The van der Waals surface area contributed by atoms with Crippen molar-refractivity contribution >= 4 is 23.6 Å². The predicted octanol–water partition coefficient (Wildman–Crippen LogP) is 3.01. The zero-order valence-corrected chi connectivity index (χ0v) is 21.6. The Morgan fingerprint density at radius 1 is 0.923 bits per heavy atom. The van der Waals surface area contributed by atoms with Gasteiger partial charge in [-0.25, -0.2) is 9.59 Å². The number of esters is 1. The Morgan fingerprint density at radius 2 is 1.54 bits per heavy atom. The number of methoxy groups -OCH3 is 1. The number of urea groups is 1. The molecular formula is C29H32N4O6. The van der Waals surface area contributed by atoms with Crippen molar-refractivity contribution in [1.82, 2.24) is 15.5 Å². The minimum absolute atomic E-state index is 0.0762. The van der Waals surface area contributed by atoms with E-state index in [2.05, 4.69) is 25.6 Å². The third kappa shape index (κ3) is 7.96. The molecule has 1 fully saturated rings. The maximum absolute atomic E-state index is 13.3. The van der Waals surface area contributed by atoms with Crippen LogP contribution in [0.4, 0.5) is 10.5 Å². The standard InChI is InChI=1S/C29H32N4O6/c1-39-28(37)21-6-8-22(9-7-21)31-29(38)32-26(16-19-2-10-24(34)11-3-19)27(36)30-23-14-15-33(18-23)17-20-4-12-25(35)13-5-20/h2-13,23,26,34-35H,14-18H2,1H3,(H,30,36)(H2,31,32,38)/t23?,26-/m0/s1. The highest BCUT2D eigenvalue weighted by atomic mass is 16.5. The van der Waals surface area contributed by atoms with Gasteiger partial charge in [0.1, 0.15) is 17.5 Å². The summed E-state index contributed by atoms with van der Waals surface area (Å²) in [6.45, 7) is 2.18. The topological polar surface area (TPSA) is 140 Å². The zero-order chi connectivity index (χ0) is 27.8. The van der Waals surface area contributed by atoms with Gasteiger partial charge in [-0.3, -0.25) is 9.69 Å². The van der Waals surface area contributed by atoms with Gasteiger partial charge in [0.05, 0.1) is 12.7 Å². The Kier molecular flexibility index (Phi) is 9.01. The molecule has 0 aliphatic carbocycles. The third-order valence-corrected chi connectivity index (χ3v) is 6.52. The number of carbonyl (C=O) groups is 3. The minimum atomic E-state index is -0.866. The first kappa shape index (κ1) is 27.5. The van der Waals surface area contributed by atoms with Crippen LogP contribution in [0, 0.1) is 0 Å². The largest absolute Gasteiger partial charge is 0.508 e. The second-order valence-electron chi connectivity index (χ2n) is 9.49. The Balaban J connectivity index is 1.37. The molecule has 1 aliphatic heterocycles. The van der Waals surface area contributed by atoms with Gasteiger partial charge < -0.3 is 30.9 Å². The number of hydrogen-bond acceptors (Lipinski definition) is 7. The number of benzene rings is 3. The van der Waals surface area contributed by atoms with E-state index >= 15 is 0 Å². The highest BCUT2D eigenvalue weighted by Crippen LogP contribution is 2.17. The van der Waals surface area contributed by atoms with Crippen molar-refractivity contribution in [2.75, 3.05) is 25.5 Å². The van der Waals surface area contributed by atoms with E-state index in [1.807, 2.05) is 12.1 Å². The monoisotopic (exact) mass is 532 g/mol. The molecule has 0 radical (unpaired) electrons. The number of phenols is 2. The van der Waals surface area contributed by atoms with E-state index in [1.165, 1.54) is 31.4 Å². The molecule has 0 spiro atoms. The van der Waals surface area contributed by atoms with Crippen LogP contribution in [0.5, 0.6) is 11.5 Å². The van der Waals surface area contributed by atoms with E-state index in [9.17, 15) is 24.6 Å². The maximum Gasteiger partial charge on any atom is 0.337 e. The summed E-state index contributed by atoms with van der Waals surface area (Å²) in [7, 11) is 1.29. The van der Waals surface area contributed by atoms with E-state index in [4.69, 9.17) is 0 Å². The van der Waals surface area contributed by atoms with Gasteiger partial charge in [-0.1, -0.05) is 24.3 Å². The molecule has 1 saturated heterocycles. The first-order valence-electron chi connectivity index (χ1n) is 12.6. The molecule has 2 atom stereocenters. The fourth-order valence-corrected chi connectivity index (χ4v) is 4.47. The van der Waals surface area contributed by atoms with E-state index in [0.717, 1.165) is 24.1 Å². The summed E-state index contributed by atoms with van der Waals surface area (Å²) < 4.78 is 4.68. The van der Waals surface area contributed by atoms with Crippen molar-refractivity contribution in [3.63, 3.8) is 0 Å². The lowest BCUT2D eigenvalue weighted by molar-refractivity contribution is -0.123. The highest BCUT2D eigenvalue weighted by molar-refractivity contribution is 5.95. The summed E-state index contributed by atoms with van der Waals surface area (Å²) >= 11 is 0. The molecular weight excluding hydrogens is 500 g/mol. The number of nitrogens with zero attached hydrogens (tertiary/aromatic N) is 1. The summed E-state index contributed by atoms with van der Waals surface area (Å²) in [5.41, 5.74) is 2.65. The fraction of sp³-hybridized carbons (Fsp3) is 0.276. The number of phenolic OH excluding ortho intramolecular Hbond substituents is 2. The van der Waals surface area contributed by atoms with Crippen LogP contribution in [0.1, 0.15) is 27.9 Å². The average Bonchev–Trinajstić information content (AvgIpc) is 3.37. The van der Waals surface area contributed by atoms with Gasteiger partial charge in [-0.15, -0.1) is 0 Å². The molecule has 4 rings (SSSR count). The lowest BCUT2D eigenvalue weighted by Gasteiger charge is -2.22. The zero-order valence-electron chi connectivity index (χ0n) is 21.6. The molecule has 0 aromatic heterocycles. The summed E-state index contributed by atoms with van der Waals surface area (Å²) in [5.74, 6) is -0.457. The predicted molar refractivity (Wildman–Crippen MR) is 145 cm³/mol. The number of nitrogens with one attached hydrogen (secondary N) is 3. The first-order chi connectivity index (χ1) is 18.8. The van der Waals surface area contributed by atoms with Crippen LogP contribution in [0.15, 0.2) is 72.8 Å². The van der Waals surface area contributed by atoms with Gasteiger partial charge in [-0.05, 0) is 66.1 Å². The quantitative estimate of drug-likeness (QED) is 0.267. The SMILES string of the molecule is COC(=O)c1ccc(NC(=O)N[C@@H](Cc2ccc(O)cc2)C(=O)NC2CCN(Cc3ccc(O)cc3)C2)cc1. The molecule has 5 N–H and O–H groups in total.